The number of halogens is 6. The number of amides is 2. The van der Waals surface area contributed by atoms with E-state index in [1.807, 2.05) is 0 Å². The molecule has 0 atom stereocenters. The second-order valence-electron chi connectivity index (χ2n) is 8.49. The summed E-state index contributed by atoms with van der Waals surface area (Å²) in [7, 11) is 0. The van der Waals surface area contributed by atoms with Crippen LogP contribution in [-0.4, -0.2) is 16.8 Å². The number of carbonyl (C=O) groups is 2. The van der Waals surface area contributed by atoms with Gasteiger partial charge in [-0.05, 0) is 59.7 Å². The van der Waals surface area contributed by atoms with E-state index in [4.69, 9.17) is 26.5 Å². The number of aromatic nitrogens is 1. The lowest BCUT2D eigenvalue weighted by atomic mass is 10.0. The lowest BCUT2D eigenvalue weighted by molar-refractivity contribution is -0.140. The largest absolute Gasteiger partial charge is 0.484 e. The zero-order valence-electron chi connectivity index (χ0n) is 20.3. The highest BCUT2D eigenvalue weighted by Crippen LogP contribution is 2.44. The summed E-state index contributed by atoms with van der Waals surface area (Å²) in [5, 5.41) is 2.51. The predicted octanol–water partition coefficient (Wildman–Crippen LogP) is 7.44. The standard InChI is InChI=1S/C27H15ClF5N3O4S/c28-17-9-14(30)5-7-18(17)39-11-15-6-8-19(40-15)25(38)36-22-21-16(12-1-3-13(29)4-2-12)10-20(27(31,32)33)35-26(21)41-23(22)24(34)37/h1-10H,11H2,(H2,34,37)(H,36,38). The van der Waals surface area contributed by atoms with Crippen molar-refractivity contribution >= 4 is 50.7 Å². The van der Waals surface area contributed by atoms with Crippen LogP contribution in [0.25, 0.3) is 21.3 Å². The molecule has 0 aliphatic rings. The van der Waals surface area contributed by atoms with E-state index in [2.05, 4.69) is 10.3 Å². The van der Waals surface area contributed by atoms with Gasteiger partial charge in [0.05, 0.1) is 10.7 Å². The van der Waals surface area contributed by atoms with Crippen molar-refractivity contribution in [3.63, 3.8) is 0 Å². The predicted molar refractivity (Wildman–Crippen MR) is 141 cm³/mol. The highest BCUT2D eigenvalue weighted by molar-refractivity contribution is 7.21. The SMILES string of the molecule is NC(=O)c1sc2nc(C(F)(F)F)cc(-c3ccc(F)cc3)c2c1NC(=O)c1ccc(COc2ccc(F)cc2Cl)o1. The average molecular weight is 608 g/mol. The lowest BCUT2D eigenvalue weighted by Gasteiger charge is -2.12. The number of anilines is 1. The molecule has 0 radical (unpaired) electrons. The van der Waals surface area contributed by atoms with E-state index in [1.54, 1.807) is 0 Å². The second-order valence-corrected chi connectivity index (χ2v) is 9.90. The monoisotopic (exact) mass is 607 g/mol. The van der Waals surface area contributed by atoms with E-state index >= 15 is 0 Å². The summed E-state index contributed by atoms with van der Waals surface area (Å²) >= 11 is 6.50. The summed E-state index contributed by atoms with van der Waals surface area (Å²) in [6, 6.07) is 11.6. The molecule has 0 aliphatic heterocycles. The summed E-state index contributed by atoms with van der Waals surface area (Å²) in [4.78, 5) is 28.5. The van der Waals surface area contributed by atoms with Crippen LogP contribution in [0.3, 0.4) is 0 Å². The number of ether oxygens (including phenoxy) is 1. The van der Waals surface area contributed by atoms with E-state index in [9.17, 15) is 31.5 Å². The van der Waals surface area contributed by atoms with Crippen molar-refractivity contribution in [2.24, 2.45) is 5.73 Å². The van der Waals surface area contributed by atoms with Crippen molar-refractivity contribution in [2.45, 2.75) is 12.8 Å². The van der Waals surface area contributed by atoms with Crippen molar-refractivity contribution in [3.8, 4) is 16.9 Å². The number of hydrogen-bond acceptors (Lipinski definition) is 6. The maximum atomic E-state index is 13.7. The van der Waals surface area contributed by atoms with Crippen LogP contribution in [0.2, 0.25) is 5.02 Å². The van der Waals surface area contributed by atoms with E-state index < -0.39 is 35.3 Å². The Bertz CT molecular complexity index is 1800. The van der Waals surface area contributed by atoms with Gasteiger partial charge >= 0.3 is 6.18 Å². The van der Waals surface area contributed by atoms with E-state index in [1.165, 1.54) is 30.3 Å². The van der Waals surface area contributed by atoms with Crippen molar-refractivity contribution in [1.29, 1.82) is 0 Å². The van der Waals surface area contributed by atoms with Crippen LogP contribution in [0.1, 0.15) is 31.7 Å². The molecule has 0 fully saturated rings. The smallest absolute Gasteiger partial charge is 0.433 e. The van der Waals surface area contributed by atoms with E-state index in [0.29, 0.717) is 11.3 Å². The fourth-order valence-electron chi connectivity index (χ4n) is 3.89. The number of nitrogens with zero attached hydrogens (tertiary/aromatic N) is 1. The number of rotatable bonds is 7. The van der Waals surface area contributed by atoms with Crippen molar-refractivity contribution in [2.75, 3.05) is 5.32 Å². The molecular weight excluding hydrogens is 593 g/mol. The van der Waals surface area contributed by atoms with Crippen LogP contribution >= 0.6 is 22.9 Å². The molecular formula is C27H15ClF5N3O4S. The van der Waals surface area contributed by atoms with Crippen LogP contribution in [0.4, 0.5) is 27.6 Å². The molecule has 2 aromatic carbocycles. The molecule has 0 saturated heterocycles. The molecule has 41 heavy (non-hydrogen) atoms. The number of carbonyl (C=O) groups excluding carboxylic acids is 2. The molecule has 2 amide bonds. The highest BCUT2D eigenvalue weighted by Gasteiger charge is 2.35. The Morgan fingerprint density at radius 2 is 1.73 bits per heavy atom. The third-order valence-electron chi connectivity index (χ3n) is 5.72. The van der Waals surface area contributed by atoms with E-state index in [-0.39, 0.29) is 60.8 Å². The number of hydrogen-bond donors (Lipinski definition) is 2. The number of furan rings is 1. The number of benzene rings is 2. The Morgan fingerprint density at radius 1 is 1.02 bits per heavy atom. The molecule has 7 nitrogen and oxygen atoms in total. The summed E-state index contributed by atoms with van der Waals surface area (Å²) in [6.07, 6.45) is -4.84. The van der Waals surface area contributed by atoms with Gasteiger partial charge in [-0.1, -0.05) is 23.7 Å². The van der Waals surface area contributed by atoms with Gasteiger partial charge in [-0.25, -0.2) is 13.8 Å². The van der Waals surface area contributed by atoms with Gasteiger partial charge in [-0.3, -0.25) is 9.59 Å². The topological polar surface area (TPSA) is 107 Å². The molecule has 14 heteroatoms. The Balaban J connectivity index is 1.51. The number of fused-ring (bicyclic) bond motifs is 1. The molecule has 3 heterocycles. The zero-order valence-corrected chi connectivity index (χ0v) is 21.9. The number of nitrogens with one attached hydrogen (secondary N) is 1. The minimum absolute atomic E-state index is 0.00202. The van der Waals surface area contributed by atoms with Gasteiger partial charge in [0.1, 0.15) is 45.2 Å². The number of alkyl halides is 3. The lowest BCUT2D eigenvalue weighted by Crippen LogP contribution is -2.16. The number of primary amides is 1. The number of nitrogens with two attached hydrogens (primary N) is 1. The summed E-state index contributed by atoms with van der Waals surface area (Å²) < 4.78 is 78.8. The molecule has 0 spiro atoms. The summed E-state index contributed by atoms with van der Waals surface area (Å²) in [5.41, 5.74) is 4.16. The first-order chi connectivity index (χ1) is 19.4. The van der Waals surface area contributed by atoms with Crippen LogP contribution < -0.4 is 15.8 Å². The number of thiophene rings is 1. The number of pyridine rings is 1. The first-order valence-electron chi connectivity index (χ1n) is 11.5. The molecule has 5 aromatic rings. The highest BCUT2D eigenvalue weighted by atomic mass is 35.5. The fourth-order valence-corrected chi connectivity index (χ4v) is 5.12. The van der Waals surface area contributed by atoms with Gasteiger partial charge in [0.2, 0.25) is 0 Å². The van der Waals surface area contributed by atoms with Crippen molar-refractivity contribution < 1.29 is 40.7 Å². The van der Waals surface area contributed by atoms with Gasteiger partial charge in [-0.2, -0.15) is 13.2 Å². The van der Waals surface area contributed by atoms with Gasteiger partial charge in [0.15, 0.2) is 5.76 Å². The minimum Gasteiger partial charge on any atom is -0.484 e. The van der Waals surface area contributed by atoms with Gasteiger partial charge in [0, 0.05) is 5.39 Å². The van der Waals surface area contributed by atoms with Crippen LogP contribution in [0.15, 0.2) is 65.1 Å². The maximum Gasteiger partial charge on any atom is 0.433 e. The summed E-state index contributed by atoms with van der Waals surface area (Å²) in [6.45, 7) is -0.175. The first-order valence-corrected chi connectivity index (χ1v) is 12.7. The molecule has 0 saturated carbocycles. The first kappa shape index (κ1) is 28.1. The molecule has 210 valence electrons. The Morgan fingerprint density at radius 3 is 2.39 bits per heavy atom. The third kappa shape index (κ3) is 5.86. The maximum absolute atomic E-state index is 13.7. The van der Waals surface area contributed by atoms with Crippen LogP contribution in [0, 0.1) is 11.6 Å². The van der Waals surface area contributed by atoms with Gasteiger partial charge in [0.25, 0.3) is 11.8 Å². The Labute approximate surface area is 236 Å². The normalized spacial score (nSPS) is 11.6. The molecule has 0 unspecified atom stereocenters. The molecule has 5 rings (SSSR count). The Hall–Kier alpha value is -4.49. The summed E-state index contributed by atoms with van der Waals surface area (Å²) in [5.74, 6) is -2.93. The van der Waals surface area contributed by atoms with Crippen molar-refractivity contribution in [3.05, 3.63) is 99.4 Å². The van der Waals surface area contributed by atoms with Crippen molar-refractivity contribution in [1.82, 2.24) is 4.98 Å². The molecule has 0 bridgehead atoms. The van der Waals surface area contributed by atoms with E-state index in [0.717, 1.165) is 30.3 Å². The van der Waals surface area contributed by atoms with Gasteiger partial charge in [-0.15, -0.1) is 11.3 Å². The minimum atomic E-state index is -4.84. The average Bonchev–Trinajstić information content (AvgIpc) is 3.53. The van der Waals surface area contributed by atoms with Gasteiger partial charge < -0.3 is 20.2 Å². The second kappa shape index (κ2) is 10.8. The Kier molecular flexibility index (Phi) is 7.41. The van der Waals surface area contributed by atoms with Crippen LogP contribution in [0.5, 0.6) is 5.75 Å². The molecule has 0 aliphatic carbocycles. The fraction of sp³-hybridized carbons (Fsp3) is 0.0741. The molecule has 3 N–H and O–H groups in total. The molecule has 3 aromatic heterocycles. The quantitative estimate of drug-likeness (QED) is 0.187. The zero-order chi connectivity index (χ0) is 29.5. The van der Waals surface area contributed by atoms with Crippen LogP contribution in [-0.2, 0) is 12.8 Å². The third-order valence-corrected chi connectivity index (χ3v) is 7.11.